The smallest absolute Gasteiger partial charge is 0.229 e. The second kappa shape index (κ2) is 11.6. The summed E-state index contributed by atoms with van der Waals surface area (Å²) in [5.74, 6) is 1.14. The van der Waals surface area contributed by atoms with Gasteiger partial charge in [-0.3, -0.25) is 15.1 Å². The Bertz CT molecular complexity index is 1890. The maximum atomic E-state index is 4.72. The number of nitrogens with zero attached hydrogens (tertiary/aromatic N) is 9. The van der Waals surface area contributed by atoms with Crippen LogP contribution < -0.4 is 16.0 Å². The lowest BCUT2D eigenvalue weighted by atomic mass is 10.2. The zero-order valence-electron chi connectivity index (χ0n) is 23.6. The van der Waals surface area contributed by atoms with E-state index >= 15 is 0 Å². The lowest BCUT2D eigenvalue weighted by molar-refractivity contribution is 0.321. The number of anilines is 4. The Morgan fingerprint density at radius 1 is 0.721 bits per heavy atom. The number of nitrogens with one attached hydrogen (secondary N) is 5. The van der Waals surface area contributed by atoms with Crippen LogP contribution in [0.1, 0.15) is 32.5 Å². The highest BCUT2D eigenvalue weighted by Gasteiger charge is 2.24. The molecule has 6 aromatic rings. The predicted molar refractivity (Wildman–Crippen MR) is 165 cm³/mol. The van der Waals surface area contributed by atoms with Crippen molar-refractivity contribution < 1.29 is 0 Å². The Hall–Kier alpha value is -4.64. The molecule has 6 aromatic heterocycles. The molecular weight excluding hydrogens is 585 g/mol. The molecule has 0 aliphatic carbocycles. The van der Waals surface area contributed by atoms with Crippen molar-refractivity contribution in [2.45, 2.75) is 40.0 Å². The summed E-state index contributed by atoms with van der Waals surface area (Å²) in [6, 6.07) is 3.73. The highest BCUT2D eigenvalue weighted by Crippen LogP contribution is 2.37. The van der Waals surface area contributed by atoms with Crippen LogP contribution in [0.5, 0.6) is 0 Å². The molecule has 0 amide bonds. The summed E-state index contributed by atoms with van der Waals surface area (Å²) in [5, 5.41) is 25.7. The first-order valence-electron chi connectivity index (χ1n) is 13.6. The van der Waals surface area contributed by atoms with E-state index in [0.29, 0.717) is 11.9 Å². The number of hydrogen-bond acceptors (Lipinski definition) is 14. The van der Waals surface area contributed by atoms with Gasteiger partial charge in [0.1, 0.15) is 0 Å². The van der Waals surface area contributed by atoms with Gasteiger partial charge in [-0.2, -0.15) is 10.2 Å². The molecule has 5 N–H and O–H groups in total. The molecule has 0 unspecified atom stereocenters. The minimum atomic E-state index is 0.569. The van der Waals surface area contributed by atoms with Crippen molar-refractivity contribution in [1.82, 2.24) is 60.5 Å². The second-order valence-electron chi connectivity index (χ2n) is 10.2. The minimum absolute atomic E-state index is 0.569. The highest BCUT2D eigenvalue weighted by molar-refractivity contribution is 7.16. The van der Waals surface area contributed by atoms with Crippen LogP contribution >= 0.6 is 22.7 Å². The first kappa shape index (κ1) is 27.2. The molecule has 8 heterocycles. The van der Waals surface area contributed by atoms with Crippen molar-refractivity contribution >= 4 is 44.8 Å². The molecule has 8 rings (SSSR count). The summed E-state index contributed by atoms with van der Waals surface area (Å²) in [7, 11) is 2.09. The molecule has 43 heavy (non-hydrogen) atoms. The van der Waals surface area contributed by atoms with Gasteiger partial charge in [-0.05, 0) is 33.0 Å². The number of rotatable bonds is 4. The molecule has 0 atom stereocenters. The normalized spacial score (nSPS) is 13.8. The summed E-state index contributed by atoms with van der Waals surface area (Å²) in [5.41, 5.74) is 8.12. The van der Waals surface area contributed by atoms with E-state index in [-0.39, 0.29) is 0 Å². The van der Waals surface area contributed by atoms with Gasteiger partial charge in [0.2, 0.25) is 11.9 Å². The van der Waals surface area contributed by atoms with E-state index in [4.69, 9.17) is 4.98 Å². The molecule has 14 nitrogen and oxygen atoms in total. The molecule has 0 saturated heterocycles. The third kappa shape index (κ3) is 5.85. The molecule has 0 bridgehead atoms. The predicted octanol–water partition coefficient (Wildman–Crippen LogP) is 4.30. The Morgan fingerprint density at radius 2 is 1.30 bits per heavy atom. The maximum absolute atomic E-state index is 4.72. The lowest BCUT2D eigenvalue weighted by Gasteiger charge is -2.11. The van der Waals surface area contributed by atoms with Crippen LogP contribution in [0.4, 0.5) is 22.2 Å². The van der Waals surface area contributed by atoms with E-state index in [1.165, 1.54) is 9.75 Å². The fourth-order valence-electron chi connectivity index (χ4n) is 4.83. The average Bonchev–Trinajstić information content (AvgIpc) is 3.75. The summed E-state index contributed by atoms with van der Waals surface area (Å²) in [4.78, 5) is 31.2. The summed E-state index contributed by atoms with van der Waals surface area (Å²) in [6.07, 6.45) is 7.15. The minimum Gasteiger partial charge on any atom is -0.306 e. The van der Waals surface area contributed by atoms with E-state index in [1.54, 1.807) is 35.1 Å². The van der Waals surface area contributed by atoms with E-state index in [2.05, 4.69) is 73.2 Å². The van der Waals surface area contributed by atoms with Crippen LogP contribution in [0, 0.1) is 13.8 Å². The fourth-order valence-corrected chi connectivity index (χ4v) is 6.82. The van der Waals surface area contributed by atoms with Crippen molar-refractivity contribution in [2.24, 2.45) is 0 Å². The summed E-state index contributed by atoms with van der Waals surface area (Å²) in [6.45, 7) is 7.17. The third-order valence-electron chi connectivity index (χ3n) is 6.80. The van der Waals surface area contributed by atoms with Gasteiger partial charge in [-0.15, -0.1) is 0 Å². The zero-order chi connectivity index (χ0) is 29.3. The Balaban J connectivity index is 0.000000140. The van der Waals surface area contributed by atoms with Crippen molar-refractivity contribution in [3.63, 3.8) is 0 Å². The van der Waals surface area contributed by atoms with Crippen LogP contribution in [-0.2, 0) is 26.2 Å². The third-order valence-corrected chi connectivity index (χ3v) is 8.72. The largest absolute Gasteiger partial charge is 0.306 e. The van der Waals surface area contributed by atoms with Crippen LogP contribution in [0.2, 0.25) is 0 Å². The van der Waals surface area contributed by atoms with Gasteiger partial charge >= 0.3 is 0 Å². The summed E-state index contributed by atoms with van der Waals surface area (Å²) < 4.78 is 0. The van der Waals surface area contributed by atoms with E-state index in [9.17, 15) is 0 Å². The molecule has 2 aliphatic heterocycles. The Morgan fingerprint density at radius 3 is 1.95 bits per heavy atom. The first-order chi connectivity index (χ1) is 21.0. The van der Waals surface area contributed by atoms with Gasteiger partial charge in [0.15, 0.2) is 10.3 Å². The van der Waals surface area contributed by atoms with Crippen LogP contribution in [-0.4, -0.2) is 62.2 Å². The number of aromatic amines is 2. The van der Waals surface area contributed by atoms with Gasteiger partial charge in [-0.1, -0.05) is 22.7 Å². The van der Waals surface area contributed by atoms with E-state index in [1.807, 2.05) is 38.4 Å². The highest BCUT2D eigenvalue weighted by atomic mass is 32.1. The molecule has 0 aromatic carbocycles. The maximum Gasteiger partial charge on any atom is 0.229 e. The first-order valence-corrected chi connectivity index (χ1v) is 15.2. The number of fused-ring (bicyclic) bond motifs is 6. The fraction of sp³-hybridized carbons (Fsp3) is 0.259. The molecular formula is C27H28N14S2. The average molecular weight is 613 g/mol. The molecule has 0 radical (unpaired) electrons. The molecule has 0 spiro atoms. The van der Waals surface area contributed by atoms with Gasteiger partial charge in [0.25, 0.3) is 0 Å². The lowest BCUT2D eigenvalue weighted by Crippen LogP contribution is -2.15. The van der Waals surface area contributed by atoms with Gasteiger partial charge < -0.3 is 16.0 Å². The topological polar surface area (TPSA) is 174 Å². The van der Waals surface area contributed by atoms with Crippen LogP contribution in [0.3, 0.4) is 0 Å². The molecule has 16 heteroatoms. The van der Waals surface area contributed by atoms with Crippen molar-refractivity contribution in [2.75, 3.05) is 17.7 Å². The van der Waals surface area contributed by atoms with Gasteiger partial charge in [0.05, 0.1) is 35.2 Å². The number of hydrogen-bond donors (Lipinski definition) is 5. The second-order valence-corrected chi connectivity index (χ2v) is 12.3. The number of H-pyrrole nitrogens is 2. The van der Waals surface area contributed by atoms with Crippen LogP contribution in [0.25, 0.3) is 22.5 Å². The quantitative estimate of drug-likeness (QED) is 0.191. The molecule has 2 aliphatic rings. The molecule has 218 valence electrons. The van der Waals surface area contributed by atoms with E-state index < -0.39 is 0 Å². The SMILES string of the molecule is Cc1ccnc(Nc2nc3c(s2)CN(C)Cc2[nH]ncc2-3)n1.Cc1ccnc(Nc2nc3c(s2)CNCc2[nH]ncc2-3)n1. The van der Waals surface area contributed by atoms with Gasteiger partial charge in [-0.25, -0.2) is 29.9 Å². The number of aromatic nitrogens is 10. The standard InChI is InChI=1S/C14H15N7S.C13H13N7S/c1-8-3-4-15-13(17-8)19-14-18-12-9-5-16-20-10(9)6-21(2)7-11(12)22-14;1-7-2-3-15-12(17-7)19-13-18-11-8-4-16-20-9(8)5-14-6-10(11)21-13/h3-5H,6-7H2,1-2H3,(H,16,20)(H,15,17,18,19);2-4,14H,5-6H2,1H3,(H,16,20)(H,15,17,18,19). The number of aryl methyl sites for hydroxylation is 2. The molecule has 0 fully saturated rings. The van der Waals surface area contributed by atoms with E-state index in [0.717, 1.165) is 81.7 Å². The zero-order valence-corrected chi connectivity index (χ0v) is 25.3. The summed E-state index contributed by atoms with van der Waals surface area (Å²) >= 11 is 3.24. The van der Waals surface area contributed by atoms with Gasteiger partial charge in [0, 0.05) is 70.8 Å². The van der Waals surface area contributed by atoms with Crippen molar-refractivity contribution in [3.8, 4) is 22.5 Å². The van der Waals surface area contributed by atoms with Crippen molar-refractivity contribution in [1.29, 1.82) is 0 Å². The molecule has 0 saturated carbocycles. The monoisotopic (exact) mass is 612 g/mol. The van der Waals surface area contributed by atoms with Crippen LogP contribution in [0.15, 0.2) is 36.9 Å². The Labute approximate surface area is 254 Å². The van der Waals surface area contributed by atoms with Crippen molar-refractivity contribution in [3.05, 3.63) is 69.5 Å². The number of thiazole rings is 2. The Kier molecular flexibility index (Phi) is 7.32.